The molecule has 0 spiro atoms. The van der Waals surface area contributed by atoms with Crippen molar-refractivity contribution in [3.05, 3.63) is 21.9 Å². The fraction of sp³-hybridized carbons (Fsp3) is 0.583. The van der Waals surface area contributed by atoms with Gasteiger partial charge in [0.1, 0.15) is 4.88 Å². The van der Waals surface area contributed by atoms with Gasteiger partial charge < -0.3 is 9.84 Å². The Morgan fingerprint density at radius 2 is 2.24 bits per heavy atom. The zero-order valence-electron chi connectivity index (χ0n) is 10.5. The van der Waals surface area contributed by atoms with E-state index in [0.29, 0.717) is 11.5 Å². The van der Waals surface area contributed by atoms with Crippen LogP contribution in [0.15, 0.2) is 12.1 Å². The molecule has 5 heteroatoms. The second kappa shape index (κ2) is 6.74. The largest absolute Gasteiger partial charge is 0.477 e. The molecular formula is C12H19NO3S. The second-order valence-corrected chi connectivity index (χ2v) is 5.40. The molecule has 0 aliphatic heterocycles. The van der Waals surface area contributed by atoms with Crippen LogP contribution in [0.4, 0.5) is 0 Å². The molecule has 0 bridgehead atoms. The maximum atomic E-state index is 10.7. The van der Waals surface area contributed by atoms with Crippen molar-refractivity contribution in [2.75, 3.05) is 20.2 Å². The predicted octanol–water partition coefficient (Wildman–Crippen LogP) is 2.30. The van der Waals surface area contributed by atoms with Crippen molar-refractivity contribution in [3.8, 4) is 0 Å². The van der Waals surface area contributed by atoms with Gasteiger partial charge in [0.05, 0.1) is 12.7 Å². The molecule has 1 rings (SSSR count). The van der Waals surface area contributed by atoms with Crippen LogP contribution < -0.4 is 0 Å². The molecule has 0 aromatic carbocycles. The van der Waals surface area contributed by atoms with Gasteiger partial charge in [-0.15, -0.1) is 11.3 Å². The van der Waals surface area contributed by atoms with E-state index in [1.54, 1.807) is 6.07 Å². The third-order valence-corrected chi connectivity index (χ3v) is 3.28. The monoisotopic (exact) mass is 257 g/mol. The smallest absolute Gasteiger partial charge is 0.345 e. The molecule has 0 saturated carbocycles. The second-order valence-electron chi connectivity index (χ2n) is 4.23. The van der Waals surface area contributed by atoms with Crippen LogP contribution >= 0.6 is 11.3 Å². The normalized spacial score (nSPS) is 11.4. The molecular weight excluding hydrogens is 238 g/mol. The van der Waals surface area contributed by atoms with E-state index in [9.17, 15) is 4.79 Å². The molecule has 96 valence electrons. The van der Waals surface area contributed by atoms with Gasteiger partial charge in [-0.3, -0.25) is 4.90 Å². The van der Waals surface area contributed by atoms with Gasteiger partial charge in [0, 0.05) is 18.0 Å². The zero-order chi connectivity index (χ0) is 12.8. The number of nitrogens with zero attached hydrogens (tertiary/aromatic N) is 1. The number of hydrogen-bond acceptors (Lipinski definition) is 4. The van der Waals surface area contributed by atoms with Crippen LogP contribution in [0.25, 0.3) is 0 Å². The predicted molar refractivity (Wildman–Crippen MR) is 68.7 cm³/mol. The number of carbonyl (C=O) groups is 1. The Labute approximate surface area is 106 Å². The molecule has 1 aromatic rings. The van der Waals surface area contributed by atoms with Crippen molar-refractivity contribution >= 4 is 17.3 Å². The first-order chi connectivity index (χ1) is 7.99. The molecule has 1 N–H and O–H groups in total. The van der Waals surface area contributed by atoms with Gasteiger partial charge in [-0.05, 0) is 33.0 Å². The average molecular weight is 257 g/mol. The molecule has 17 heavy (non-hydrogen) atoms. The van der Waals surface area contributed by atoms with Crippen molar-refractivity contribution in [2.45, 2.75) is 26.5 Å². The van der Waals surface area contributed by atoms with E-state index in [4.69, 9.17) is 9.84 Å². The zero-order valence-corrected chi connectivity index (χ0v) is 11.3. The summed E-state index contributed by atoms with van der Waals surface area (Å²) in [7, 11) is 2.00. The lowest BCUT2D eigenvalue weighted by molar-refractivity contribution is 0.0628. The Kier molecular flexibility index (Phi) is 5.61. The quantitative estimate of drug-likeness (QED) is 0.814. The summed E-state index contributed by atoms with van der Waals surface area (Å²) in [6.07, 6.45) is 0.253. The number of rotatable bonds is 7. The molecule has 1 aromatic heterocycles. The van der Waals surface area contributed by atoms with E-state index in [2.05, 4.69) is 4.90 Å². The summed E-state index contributed by atoms with van der Waals surface area (Å²) in [5, 5.41) is 8.81. The van der Waals surface area contributed by atoms with E-state index in [1.165, 1.54) is 11.3 Å². The summed E-state index contributed by atoms with van der Waals surface area (Å²) in [4.78, 5) is 14.3. The van der Waals surface area contributed by atoms with Gasteiger partial charge >= 0.3 is 5.97 Å². The molecule has 0 aliphatic rings. The molecule has 0 fully saturated rings. The first-order valence-electron chi connectivity index (χ1n) is 5.61. The molecule has 0 amide bonds. The highest BCUT2D eigenvalue weighted by molar-refractivity contribution is 7.13. The lowest BCUT2D eigenvalue weighted by Crippen LogP contribution is -2.23. The molecule has 0 radical (unpaired) electrons. The standard InChI is InChI=1S/C12H19NO3S/c1-9(2)16-7-6-13(3)8-10-4-5-11(17-10)12(14)15/h4-5,9H,6-8H2,1-3H3,(H,14,15). The highest BCUT2D eigenvalue weighted by Crippen LogP contribution is 2.17. The van der Waals surface area contributed by atoms with E-state index in [1.807, 2.05) is 27.0 Å². The minimum absolute atomic E-state index is 0.253. The van der Waals surface area contributed by atoms with Crippen molar-refractivity contribution < 1.29 is 14.6 Å². The Morgan fingerprint density at radius 1 is 1.53 bits per heavy atom. The van der Waals surface area contributed by atoms with Crippen LogP contribution in [-0.4, -0.2) is 42.3 Å². The number of hydrogen-bond donors (Lipinski definition) is 1. The van der Waals surface area contributed by atoms with Gasteiger partial charge in [-0.25, -0.2) is 4.79 Å². The fourth-order valence-corrected chi connectivity index (χ4v) is 2.29. The number of carboxylic acid groups (broad SMARTS) is 1. The van der Waals surface area contributed by atoms with Crippen LogP contribution in [0, 0.1) is 0 Å². The maximum absolute atomic E-state index is 10.7. The minimum Gasteiger partial charge on any atom is -0.477 e. The number of likely N-dealkylation sites (N-methyl/N-ethyl adjacent to an activating group) is 1. The Morgan fingerprint density at radius 3 is 2.76 bits per heavy atom. The first kappa shape index (κ1) is 14.2. The fourth-order valence-electron chi connectivity index (χ4n) is 1.37. The lowest BCUT2D eigenvalue weighted by Gasteiger charge is -2.16. The van der Waals surface area contributed by atoms with E-state index in [-0.39, 0.29) is 6.10 Å². The molecule has 1 heterocycles. The van der Waals surface area contributed by atoms with Crippen molar-refractivity contribution in [3.63, 3.8) is 0 Å². The van der Waals surface area contributed by atoms with Crippen LogP contribution in [0.1, 0.15) is 28.4 Å². The highest BCUT2D eigenvalue weighted by atomic mass is 32.1. The SMILES string of the molecule is CC(C)OCCN(C)Cc1ccc(C(=O)O)s1. The number of thiophene rings is 1. The summed E-state index contributed by atoms with van der Waals surface area (Å²) in [5.41, 5.74) is 0. The molecule has 4 nitrogen and oxygen atoms in total. The minimum atomic E-state index is -0.855. The third kappa shape index (κ3) is 5.30. The van der Waals surface area contributed by atoms with Crippen LogP contribution in [0.2, 0.25) is 0 Å². The van der Waals surface area contributed by atoms with Crippen LogP contribution in [0.5, 0.6) is 0 Å². The third-order valence-electron chi connectivity index (χ3n) is 2.22. The van der Waals surface area contributed by atoms with Crippen LogP contribution in [0.3, 0.4) is 0 Å². The van der Waals surface area contributed by atoms with Crippen molar-refractivity contribution in [1.29, 1.82) is 0 Å². The Hall–Kier alpha value is -0.910. The van der Waals surface area contributed by atoms with Gasteiger partial charge in [0.25, 0.3) is 0 Å². The molecule has 0 unspecified atom stereocenters. The van der Waals surface area contributed by atoms with Gasteiger partial charge in [-0.2, -0.15) is 0 Å². The van der Waals surface area contributed by atoms with Gasteiger partial charge in [0.15, 0.2) is 0 Å². The van der Waals surface area contributed by atoms with Crippen molar-refractivity contribution in [2.24, 2.45) is 0 Å². The van der Waals surface area contributed by atoms with E-state index in [0.717, 1.165) is 18.0 Å². The number of aromatic carboxylic acids is 1. The summed E-state index contributed by atoms with van der Waals surface area (Å²) >= 11 is 1.33. The number of carboxylic acids is 1. The van der Waals surface area contributed by atoms with Crippen molar-refractivity contribution in [1.82, 2.24) is 4.90 Å². The highest BCUT2D eigenvalue weighted by Gasteiger charge is 2.08. The summed E-state index contributed by atoms with van der Waals surface area (Å²) in [5.74, 6) is -0.855. The molecule has 0 saturated heterocycles. The van der Waals surface area contributed by atoms with Gasteiger partial charge in [0.2, 0.25) is 0 Å². The lowest BCUT2D eigenvalue weighted by atomic mass is 10.4. The first-order valence-corrected chi connectivity index (χ1v) is 6.43. The maximum Gasteiger partial charge on any atom is 0.345 e. The molecule has 0 atom stereocenters. The topological polar surface area (TPSA) is 49.8 Å². The average Bonchev–Trinajstić information content (AvgIpc) is 2.65. The van der Waals surface area contributed by atoms with Crippen LogP contribution in [-0.2, 0) is 11.3 Å². The summed E-state index contributed by atoms with van der Waals surface area (Å²) in [6, 6.07) is 3.52. The number of ether oxygens (including phenoxy) is 1. The van der Waals surface area contributed by atoms with Gasteiger partial charge in [-0.1, -0.05) is 0 Å². The Balaban J connectivity index is 2.34. The molecule has 0 aliphatic carbocycles. The van der Waals surface area contributed by atoms with E-state index >= 15 is 0 Å². The summed E-state index contributed by atoms with van der Waals surface area (Å²) in [6.45, 7) is 6.33. The summed E-state index contributed by atoms with van der Waals surface area (Å²) < 4.78 is 5.46. The Bertz CT molecular complexity index is 362. The van der Waals surface area contributed by atoms with E-state index < -0.39 is 5.97 Å².